The Hall–Kier alpha value is -0.690. The second-order valence-electron chi connectivity index (χ2n) is 8.93. The Morgan fingerprint density at radius 3 is 2.11 bits per heavy atom. The molecule has 5 atom stereocenters. The monoisotopic (exact) mass is 415 g/mol. The molecule has 5 nitrogen and oxygen atoms in total. The molecular weight excluding hydrogens is 378 g/mol. The summed E-state index contributed by atoms with van der Waals surface area (Å²) in [4.78, 5) is 0. The molecule has 162 valence electrons. The van der Waals surface area contributed by atoms with Gasteiger partial charge in [0.25, 0.3) is 0 Å². The number of hydrogen-bond donors (Lipinski definition) is 5. The Morgan fingerprint density at radius 1 is 0.964 bits per heavy atom. The van der Waals surface area contributed by atoms with Crippen molar-refractivity contribution in [3.8, 4) is 0 Å². The van der Waals surface area contributed by atoms with Crippen molar-refractivity contribution in [1.82, 2.24) is 5.32 Å². The van der Waals surface area contributed by atoms with E-state index in [1.807, 2.05) is 0 Å². The molecule has 1 aliphatic heterocycles. The highest BCUT2D eigenvalue weighted by Gasteiger charge is 2.43. The normalized spacial score (nSPS) is 26.1. The minimum Gasteiger partial charge on any atom is -0.395 e. The van der Waals surface area contributed by atoms with Crippen LogP contribution in [0.3, 0.4) is 0 Å². The fourth-order valence-electron chi connectivity index (χ4n) is 3.78. The van der Waals surface area contributed by atoms with Crippen LogP contribution in [0.15, 0.2) is 24.3 Å². The van der Waals surface area contributed by atoms with Crippen molar-refractivity contribution >= 4 is 12.4 Å². The first-order valence-electron chi connectivity index (χ1n) is 10.2. The van der Waals surface area contributed by atoms with E-state index in [4.69, 9.17) is 5.11 Å². The summed E-state index contributed by atoms with van der Waals surface area (Å²) in [5.41, 5.74) is 2.91. The topological polar surface area (TPSA) is 93.0 Å². The van der Waals surface area contributed by atoms with Gasteiger partial charge >= 0.3 is 0 Å². The standard InChI is InChI=1S/C22H37NO4.ClH/c1-22(2,3)16-12-10-15(11-13-16)8-6-4-5-7-9-18(25)19-21(27)20(26)17(14-24)23-19;/h10-13,17-21,23-27H,4-9,14H2,1-3H3;1H/t17-,18+,19-,20-,21-;/m0./s1. The van der Waals surface area contributed by atoms with Crippen molar-refractivity contribution in [1.29, 1.82) is 0 Å². The molecule has 28 heavy (non-hydrogen) atoms. The van der Waals surface area contributed by atoms with E-state index in [0.29, 0.717) is 6.42 Å². The third kappa shape index (κ3) is 6.97. The maximum Gasteiger partial charge on any atom is 0.0993 e. The number of nitrogens with one attached hydrogen (secondary N) is 1. The molecule has 1 aliphatic rings. The van der Waals surface area contributed by atoms with E-state index in [0.717, 1.165) is 32.1 Å². The lowest BCUT2D eigenvalue weighted by Gasteiger charge is -2.22. The summed E-state index contributed by atoms with van der Waals surface area (Å²) in [6, 6.07) is 7.75. The van der Waals surface area contributed by atoms with Crippen LogP contribution >= 0.6 is 12.4 Å². The van der Waals surface area contributed by atoms with Gasteiger partial charge in [0, 0.05) is 0 Å². The predicted molar refractivity (Wildman–Crippen MR) is 115 cm³/mol. The minimum atomic E-state index is -1.03. The second kappa shape index (κ2) is 11.5. The van der Waals surface area contributed by atoms with E-state index < -0.39 is 30.4 Å². The van der Waals surface area contributed by atoms with Crippen LogP contribution in [0.5, 0.6) is 0 Å². The number of aryl methyl sites for hydroxylation is 1. The Bertz CT molecular complexity index is 561. The molecule has 0 saturated carbocycles. The largest absolute Gasteiger partial charge is 0.395 e. The van der Waals surface area contributed by atoms with Crippen LogP contribution in [0.25, 0.3) is 0 Å². The van der Waals surface area contributed by atoms with Gasteiger partial charge in [-0.25, -0.2) is 0 Å². The lowest BCUT2D eigenvalue weighted by molar-refractivity contribution is -0.00443. The zero-order chi connectivity index (χ0) is 20.0. The molecule has 1 aromatic carbocycles. The second-order valence-corrected chi connectivity index (χ2v) is 8.93. The van der Waals surface area contributed by atoms with Crippen LogP contribution in [0.2, 0.25) is 0 Å². The SMILES string of the molecule is CC(C)(C)c1ccc(CCCCCC[C@@H](O)[C@@H]2N[C@@H](CO)[C@H](O)[C@H]2O)cc1.Cl. The van der Waals surface area contributed by atoms with Gasteiger partial charge in [0.2, 0.25) is 0 Å². The predicted octanol–water partition coefficient (Wildman–Crippen LogP) is 2.31. The summed E-state index contributed by atoms with van der Waals surface area (Å²) >= 11 is 0. The van der Waals surface area contributed by atoms with Crippen molar-refractivity contribution in [3.63, 3.8) is 0 Å². The van der Waals surface area contributed by atoms with Gasteiger partial charge in [0.1, 0.15) is 0 Å². The third-order valence-corrected chi connectivity index (χ3v) is 5.68. The highest BCUT2D eigenvalue weighted by atomic mass is 35.5. The van der Waals surface area contributed by atoms with Gasteiger partial charge in [-0.3, -0.25) is 0 Å². The first-order valence-corrected chi connectivity index (χ1v) is 10.2. The molecule has 0 radical (unpaired) electrons. The number of benzene rings is 1. The van der Waals surface area contributed by atoms with Gasteiger partial charge in [0.15, 0.2) is 0 Å². The Kier molecular flexibility index (Phi) is 10.4. The molecule has 0 aliphatic carbocycles. The molecule has 0 unspecified atom stereocenters. The van der Waals surface area contributed by atoms with Crippen molar-refractivity contribution < 1.29 is 20.4 Å². The molecule has 0 bridgehead atoms. The summed E-state index contributed by atoms with van der Waals surface area (Å²) in [6.07, 6.45) is 3.03. The first kappa shape index (κ1) is 25.3. The Labute approximate surface area is 175 Å². The summed E-state index contributed by atoms with van der Waals surface area (Å²) in [5.74, 6) is 0. The summed E-state index contributed by atoms with van der Waals surface area (Å²) in [7, 11) is 0. The number of hydrogen-bond acceptors (Lipinski definition) is 5. The van der Waals surface area contributed by atoms with Crippen LogP contribution in [0.4, 0.5) is 0 Å². The quantitative estimate of drug-likeness (QED) is 0.399. The zero-order valence-electron chi connectivity index (χ0n) is 17.3. The van der Waals surface area contributed by atoms with Gasteiger partial charge in [-0.2, -0.15) is 0 Å². The highest BCUT2D eigenvalue weighted by Crippen LogP contribution is 2.23. The van der Waals surface area contributed by atoms with E-state index in [9.17, 15) is 15.3 Å². The fourth-order valence-corrected chi connectivity index (χ4v) is 3.78. The van der Waals surface area contributed by atoms with E-state index in [-0.39, 0.29) is 24.4 Å². The molecule has 5 N–H and O–H groups in total. The molecule has 1 heterocycles. The van der Waals surface area contributed by atoms with Crippen LogP contribution in [-0.2, 0) is 11.8 Å². The maximum atomic E-state index is 10.3. The molecule has 0 amide bonds. The summed E-state index contributed by atoms with van der Waals surface area (Å²) < 4.78 is 0. The van der Waals surface area contributed by atoms with E-state index in [1.165, 1.54) is 11.1 Å². The van der Waals surface area contributed by atoms with E-state index in [2.05, 4.69) is 50.4 Å². The molecule has 1 aromatic rings. The van der Waals surface area contributed by atoms with Gasteiger partial charge < -0.3 is 25.7 Å². The molecule has 0 aromatic heterocycles. The molecular formula is C22H38ClNO4. The average Bonchev–Trinajstić information content (AvgIpc) is 2.92. The van der Waals surface area contributed by atoms with E-state index >= 15 is 0 Å². The van der Waals surface area contributed by atoms with Crippen molar-refractivity contribution in [3.05, 3.63) is 35.4 Å². The third-order valence-electron chi connectivity index (χ3n) is 5.68. The van der Waals surface area contributed by atoms with Crippen LogP contribution in [0.1, 0.15) is 64.0 Å². The Balaban J connectivity index is 0.00000392. The molecule has 0 spiro atoms. The molecule has 1 fully saturated rings. The molecule has 2 rings (SSSR count). The van der Waals surface area contributed by atoms with Crippen molar-refractivity contribution in [2.45, 2.75) is 95.1 Å². The van der Waals surface area contributed by atoms with Crippen molar-refractivity contribution in [2.24, 2.45) is 0 Å². The van der Waals surface area contributed by atoms with Crippen LogP contribution in [0, 0.1) is 0 Å². The summed E-state index contributed by atoms with van der Waals surface area (Å²) in [6.45, 7) is 6.42. The average molecular weight is 416 g/mol. The number of rotatable bonds is 9. The Morgan fingerprint density at radius 2 is 1.57 bits per heavy atom. The van der Waals surface area contributed by atoms with Gasteiger partial charge in [-0.1, -0.05) is 64.3 Å². The van der Waals surface area contributed by atoms with Crippen LogP contribution in [-0.4, -0.2) is 57.4 Å². The number of halogens is 1. The minimum absolute atomic E-state index is 0. The number of aliphatic hydroxyl groups is 4. The lowest BCUT2D eigenvalue weighted by Crippen LogP contribution is -2.44. The number of aliphatic hydroxyl groups excluding tert-OH is 4. The zero-order valence-corrected chi connectivity index (χ0v) is 18.2. The summed E-state index contributed by atoms with van der Waals surface area (Å²) in [5, 5.41) is 42.1. The van der Waals surface area contributed by atoms with E-state index in [1.54, 1.807) is 0 Å². The lowest BCUT2D eigenvalue weighted by atomic mass is 9.86. The first-order chi connectivity index (χ1) is 12.7. The highest BCUT2D eigenvalue weighted by molar-refractivity contribution is 5.85. The fraction of sp³-hybridized carbons (Fsp3) is 0.727. The number of unbranched alkanes of at least 4 members (excludes halogenated alkanes) is 3. The van der Waals surface area contributed by atoms with Gasteiger partial charge in [0.05, 0.1) is 37.0 Å². The molecule has 6 heteroatoms. The van der Waals surface area contributed by atoms with Crippen LogP contribution < -0.4 is 5.32 Å². The smallest absolute Gasteiger partial charge is 0.0993 e. The maximum absolute atomic E-state index is 10.3. The van der Waals surface area contributed by atoms with Gasteiger partial charge in [-0.15, -0.1) is 12.4 Å². The molecule has 1 saturated heterocycles. The van der Waals surface area contributed by atoms with Gasteiger partial charge in [-0.05, 0) is 35.8 Å². The van der Waals surface area contributed by atoms with Crippen molar-refractivity contribution in [2.75, 3.05) is 6.61 Å².